The van der Waals surface area contributed by atoms with Gasteiger partial charge in [-0.3, -0.25) is 4.79 Å². The van der Waals surface area contributed by atoms with Crippen LogP contribution in [0.2, 0.25) is 5.02 Å². The molecule has 1 atom stereocenters. The van der Waals surface area contributed by atoms with Gasteiger partial charge in [0.2, 0.25) is 0 Å². The lowest BCUT2D eigenvalue weighted by Crippen LogP contribution is -2.26. The van der Waals surface area contributed by atoms with E-state index in [-0.39, 0.29) is 17.2 Å². The van der Waals surface area contributed by atoms with E-state index in [4.69, 9.17) is 16.2 Å². The third kappa shape index (κ3) is 5.24. The van der Waals surface area contributed by atoms with Crippen LogP contribution in [0.15, 0.2) is 77.7 Å². The second-order valence-corrected chi connectivity index (χ2v) is 8.66. The molecular formula is C24H17ClF2N2O3S. The summed E-state index contributed by atoms with van der Waals surface area (Å²) in [5.41, 5.74) is 2.64. The predicted octanol–water partition coefficient (Wildman–Crippen LogP) is 5.14. The first-order chi connectivity index (χ1) is 15.8. The third-order valence-corrected chi connectivity index (χ3v) is 5.92. The second-order valence-electron chi connectivity index (χ2n) is 7.32. The monoisotopic (exact) mass is 486 g/mol. The van der Waals surface area contributed by atoms with Gasteiger partial charge < -0.3 is 4.55 Å². The Morgan fingerprint density at radius 1 is 1.00 bits per heavy atom. The molecule has 4 rings (SSSR count). The highest BCUT2D eigenvalue weighted by molar-refractivity contribution is 7.78. The van der Waals surface area contributed by atoms with E-state index in [2.05, 4.69) is 5.10 Å². The first-order valence-electron chi connectivity index (χ1n) is 9.79. The lowest BCUT2D eigenvalue weighted by molar-refractivity contribution is 0.563. The van der Waals surface area contributed by atoms with Crippen LogP contribution in [-0.2, 0) is 23.3 Å². The zero-order valence-electron chi connectivity index (χ0n) is 17.0. The minimum absolute atomic E-state index is 0.0123. The second kappa shape index (κ2) is 9.74. The van der Waals surface area contributed by atoms with Gasteiger partial charge >= 0.3 is 0 Å². The van der Waals surface area contributed by atoms with Crippen LogP contribution in [0.5, 0.6) is 0 Å². The molecule has 0 spiro atoms. The van der Waals surface area contributed by atoms with Crippen molar-refractivity contribution in [1.29, 1.82) is 0 Å². The quantitative estimate of drug-likeness (QED) is 0.383. The van der Waals surface area contributed by atoms with E-state index < -0.39 is 28.3 Å². The van der Waals surface area contributed by atoms with Gasteiger partial charge in [0.25, 0.3) is 5.56 Å². The smallest absolute Gasteiger partial charge is 0.275 e. The third-order valence-electron chi connectivity index (χ3n) is 5.05. The molecule has 0 radical (unpaired) electrons. The fourth-order valence-electron chi connectivity index (χ4n) is 3.48. The van der Waals surface area contributed by atoms with Gasteiger partial charge in [0.15, 0.2) is 11.1 Å². The fraction of sp³-hybridized carbons (Fsp3) is 0.0833. The van der Waals surface area contributed by atoms with Crippen LogP contribution < -0.4 is 5.56 Å². The van der Waals surface area contributed by atoms with Crippen molar-refractivity contribution in [3.63, 3.8) is 0 Å². The highest BCUT2D eigenvalue weighted by atomic mass is 35.5. The SMILES string of the molecule is O=c1c(Cc2cccc(F)c2)c(-c2ccc(CS(=O)O)cc2)cnn1-c1ccc(F)c(Cl)c1. The normalized spacial score (nSPS) is 12.0. The molecule has 1 unspecified atom stereocenters. The maximum Gasteiger partial charge on any atom is 0.275 e. The van der Waals surface area contributed by atoms with Gasteiger partial charge in [-0.1, -0.05) is 48.0 Å². The molecule has 1 N–H and O–H groups in total. The number of nitrogens with zero attached hydrogens (tertiary/aromatic N) is 2. The van der Waals surface area contributed by atoms with Crippen molar-refractivity contribution in [3.8, 4) is 16.8 Å². The topological polar surface area (TPSA) is 72.2 Å². The van der Waals surface area contributed by atoms with Crippen LogP contribution in [-0.4, -0.2) is 18.5 Å². The predicted molar refractivity (Wildman–Crippen MR) is 124 cm³/mol. The van der Waals surface area contributed by atoms with Crippen LogP contribution in [0.25, 0.3) is 16.8 Å². The van der Waals surface area contributed by atoms with Crippen LogP contribution in [0.4, 0.5) is 8.78 Å². The zero-order chi connectivity index (χ0) is 23.5. The zero-order valence-corrected chi connectivity index (χ0v) is 18.6. The van der Waals surface area contributed by atoms with Crippen molar-refractivity contribution < 1.29 is 17.5 Å². The Kier molecular flexibility index (Phi) is 6.78. The Balaban J connectivity index is 1.85. The Labute approximate surface area is 195 Å². The molecule has 0 saturated heterocycles. The van der Waals surface area contributed by atoms with E-state index in [9.17, 15) is 17.8 Å². The molecule has 1 heterocycles. The number of aromatic nitrogens is 2. The van der Waals surface area contributed by atoms with Crippen molar-refractivity contribution in [1.82, 2.24) is 9.78 Å². The van der Waals surface area contributed by atoms with Gasteiger partial charge in [0.05, 0.1) is 22.7 Å². The maximum atomic E-state index is 13.8. The molecule has 33 heavy (non-hydrogen) atoms. The van der Waals surface area contributed by atoms with Crippen molar-refractivity contribution in [3.05, 3.63) is 117 Å². The highest BCUT2D eigenvalue weighted by Gasteiger charge is 2.16. The summed E-state index contributed by atoms with van der Waals surface area (Å²) in [5.74, 6) is -1.05. The van der Waals surface area contributed by atoms with Crippen LogP contribution >= 0.6 is 11.6 Å². The Morgan fingerprint density at radius 3 is 2.42 bits per heavy atom. The minimum Gasteiger partial charge on any atom is -0.306 e. The lowest BCUT2D eigenvalue weighted by Gasteiger charge is -2.13. The van der Waals surface area contributed by atoms with Crippen molar-refractivity contribution >= 4 is 22.7 Å². The van der Waals surface area contributed by atoms with Gasteiger partial charge in [0.1, 0.15) is 11.6 Å². The van der Waals surface area contributed by atoms with Crippen molar-refractivity contribution in [2.24, 2.45) is 0 Å². The van der Waals surface area contributed by atoms with Gasteiger partial charge in [0, 0.05) is 17.5 Å². The summed E-state index contributed by atoms with van der Waals surface area (Å²) in [6, 6.07) is 16.6. The van der Waals surface area contributed by atoms with Crippen molar-refractivity contribution in [2.75, 3.05) is 0 Å². The molecule has 0 amide bonds. The van der Waals surface area contributed by atoms with E-state index in [1.165, 1.54) is 30.5 Å². The van der Waals surface area contributed by atoms with E-state index in [1.54, 1.807) is 36.4 Å². The van der Waals surface area contributed by atoms with Crippen LogP contribution in [0, 0.1) is 11.6 Å². The number of hydrogen-bond acceptors (Lipinski definition) is 3. The summed E-state index contributed by atoms with van der Waals surface area (Å²) >= 11 is 3.91. The average molecular weight is 487 g/mol. The van der Waals surface area contributed by atoms with Crippen molar-refractivity contribution in [2.45, 2.75) is 12.2 Å². The molecule has 0 bridgehead atoms. The molecule has 0 aliphatic carbocycles. The molecule has 168 valence electrons. The first-order valence-corrected chi connectivity index (χ1v) is 11.4. The average Bonchev–Trinajstić information content (AvgIpc) is 2.77. The highest BCUT2D eigenvalue weighted by Crippen LogP contribution is 2.25. The Morgan fingerprint density at radius 2 is 1.76 bits per heavy atom. The van der Waals surface area contributed by atoms with Gasteiger partial charge in [-0.25, -0.2) is 13.0 Å². The van der Waals surface area contributed by atoms with Gasteiger partial charge in [-0.15, -0.1) is 0 Å². The summed E-state index contributed by atoms with van der Waals surface area (Å²) in [6.45, 7) is 0. The van der Waals surface area contributed by atoms with E-state index >= 15 is 0 Å². The molecule has 9 heteroatoms. The molecule has 0 fully saturated rings. The molecule has 0 aliphatic heterocycles. The molecule has 0 aliphatic rings. The number of rotatable bonds is 6. The lowest BCUT2D eigenvalue weighted by atomic mass is 9.97. The first kappa shape index (κ1) is 23.0. The van der Waals surface area contributed by atoms with E-state index in [1.807, 2.05) is 0 Å². The minimum atomic E-state index is -1.97. The fourth-order valence-corrected chi connectivity index (χ4v) is 4.14. The van der Waals surface area contributed by atoms with E-state index in [0.717, 1.165) is 10.7 Å². The summed E-state index contributed by atoms with van der Waals surface area (Å²) in [4.78, 5) is 13.5. The van der Waals surface area contributed by atoms with Gasteiger partial charge in [-0.2, -0.15) is 9.78 Å². The largest absolute Gasteiger partial charge is 0.306 e. The molecule has 5 nitrogen and oxygen atoms in total. The molecular weight excluding hydrogens is 470 g/mol. The standard InChI is InChI=1S/C24H17ClF2N2O3S/c25-22-12-19(8-9-23(22)27)29-24(30)20(11-16-2-1-3-18(26)10-16)21(13-28-29)17-6-4-15(5-7-17)14-33(31)32/h1-10,12-13H,11,14H2,(H,31,32). The number of hydrogen-bond donors (Lipinski definition) is 1. The molecule has 1 aromatic heterocycles. The molecule has 3 aromatic carbocycles. The van der Waals surface area contributed by atoms with Crippen LogP contribution in [0.3, 0.4) is 0 Å². The Hall–Kier alpha value is -3.20. The molecule has 4 aromatic rings. The summed E-state index contributed by atoms with van der Waals surface area (Å²) in [6.07, 6.45) is 1.64. The number of halogens is 3. The summed E-state index contributed by atoms with van der Waals surface area (Å²) < 4.78 is 48.7. The van der Waals surface area contributed by atoms with Gasteiger partial charge in [-0.05, 0) is 47.0 Å². The molecule has 0 saturated carbocycles. The van der Waals surface area contributed by atoms with E-state index in [0.29, 0.717) is 33.5 Å². The van der Waals surface area contributed by atoms with Crippen LogP contribution in [0.1, 0.15) is 16.7 Å². The summed E-state index contributed by atoms with van der Waals surface area (Å²) in [5, 5.41) is 4.10. The Bertz CT molecular complexity index is 1410. The number of benzene rings is 3. The summed E-state index contributed by atoms with van der Waals surface area (Å²) in [7, 11) is 0. The maximum absolute atomic E-state index is 13.8.